The number of benzene rings is 2. The first kappa shape index (κ1) is 21.9. The van der Waals surface area contributed by atoms with Crippen molar-refractivity contribution in [3.8, 4) is 5.13 Å². The Morgan fingerprint density at radius 1 is 1.16 bits per heavy atom. The lowest BCUT2D eigenvalue weighted by Gasteiger charge is -2.06. The Bertz CT molecular complexity index is 1230. The third-order valence-electron chi connectivity index (χ3n) is 4.73. The molecule has 2 aromatic carbocycles. The number of thioether (sulfide) groups is 1. The number of nitrogens with one attached hydrogen (secondary N) is 1. The number of fused-ring (bicyclic) bond motifs is 1. The van der Waals surface area contributed by atoms with Crippen molar-refractivity contribution in [3.63, 3.8) is 0 Å². The Balaban J connectivity index is 1.41. The number of carbonyl (C=O) groups excluding carboxylic acids is 1. The summed E-state index contributed by atoms with van der Waals surface area (Å²) in [6.07, 6.45) is 1.23. The molecular formula is C23H23ClN4OS2. The summed E-state index contributed by atoms with van der Waals surface area (Å²) in [5.41, 5.74) is 4.17. The molecule has 2 heterocycles. The van der Waals surface area contributed by atoms with Crippen LogP contribution in [-0.4, -0.2) is 26.4 Å². The first-order valence-corrected chi connectivity index (χ1v) is 12.2. The van der Waals surface area contributed by atoms with Crippen LogP contribution in [0.2, 0.25) is 5.02 Å². The summed E-state index contributed by atoms with van der Waals surface area (Å²) >= 11 is 9.22. The molecule has 0 unspecified atom stereocenters. The largest absolute Gasteiger partial charge is 0.311 e. The van der Waals surface area contributed by atoms with Gasteiger partial charge < -0.3 is 5.32 Å². The molecule has 5 nitrogen and oxygen atoms in total. The molecule has 31 heavy (non-hydrogen) atoms. The third kappa shape index (κ3) is 5.29. The molecule has 4 rings (SSSR count). The van der Waals surface area contributed by atoms with Crippen LogP contribution in [0, 0.1) is 20.8 Å². The zero-order valence-corrected chi connectivity index (χ0v) is 20.0. The van der Waals surface area contributed by atoms with E-state index in [0.717, 1.165) is 48.7 Å². The third-order valence-corrected chi connectivity index (χ3v) is 7.06. The van der Waals surface area contributed by atoms with Crippen molar-refractivity contribution in [3.05, 3.63) is 64.3 Å². The lowest BCUT2D eigenvalue weighted by Crippen LogP contribution is -2.14. The fourth-order valence-corrected chi connectivity index (χ4v) is 5.43. The highest BCUT2D eigenvalue weighted by molar-refractivity contribution is 7.99. The number of hydrogen-bond donors (Lipinski definition) is 1. The number of nitrogens with zero attached hydrogens (tertiary/aromatic N) is 3. The maximum absolute atomic E-state index is 12.5. The van der Waals surface area contributed by atoms with E-state index < -0.39 is 0 Å². The molecule has 0 fully saturated rings. The number of thiazole rings is 1. The van der Waals surface area contributed by atoms with Crippen molar-refractivity contribution in [2.45, 2.75) is 38.5 Å². The van der Waals surface area contributed by atoms with Gasteiger partial charge in [-0.25, -0.2) is 4.98 Å². The van der Waals surface area contributed by atoms with Crippen LogP contribution in [-0.2, 0) is 4.79 Å². The number of halogens is 1. The van der Waals surface area contributed by atoms with Gasteiger partial charge in [-0.2, -0.15) is 9.78 Å². The Labute approximate surface area is 194 Å². The first-order valence-electron chi connectivity index (χ1n) is 10.0. The second kappa shape index (κ2) is 9.42. The smallest absolute Gasteiger partial charge is 0.225 e. The highest BCUT2D eigenvalue weighted by atomic mass is 35.5. The van der Waals surface area contributed by atoms with Crippen molar-refractivity contribution in [1.82, 2.24) is 14.8 Å². The summed E-state index contributed by atoms with van der Waals surface area (Å²) in [5.74, 6) is 1.50. The van der Waals surface area contributed by atoms with Gasteiger partial charge in [0.05, 0.1) is 15.9 Å². The Kier molecular flexibility index (Phi) is 6.65. The van der Waals surface area contributed by atoms with E-state index in [-0.39, 0.29) is 5.91 Å². The van der Waals surface area contributed by atoms with Gasteiger partial charge in [0.25, 0.3) is 0 Å². The van der Waals surface area contributed by atoms with Crippen molar-refractivity contribution in [2.24, 2.45) is 0 Å². The zero-order chi connectivity index (χ0) is 22.0. The number of rotatable bonds is 7. The number of aromatic nitrogens is 3. The minimum absolute atomic E-state index is 0.0222. The molecule has 0 saturated heterocycles. The predicted molar refractivity (Wildman–Crippen MR) is 131 cm³/mol. The van der Waals surface area contributed by atoms with E-state index >= 15 is 0 Å². The summed E-state index contributed by atoms with van der Waals surface area (Å²) in [7, 11) is 0. The highest BCUT2D eigenvalue weighted by Gasteiger charge is 2.15. The van der Waals surface area contributed by atoms with Crippen LogP contribution in [0.25, 0.3) is 15.3 Å². The van der Waals surface area contributed by atoms with E-state index in [1.165, 1.54) is 5.56 Å². The number of anilines is 1. The van der Waals surface area contributed by atoms with Gasteiger partial charge in [0.15, 0.2) is 0 Å². The summed E-state index contributed by atoms with van der Waals surface area (Å²) in [6, 6.07) is 13.9. The van der Waals surface area contributed by atoms with Crippen LogP contribution in [0.1, 0.15) is 29.7 Å². The Morgan fingerprint density at radius 2 is 1.94 bits per heavy atom. The molecular weight excluding hydrogens is 448 g/mol. The number of carbonyl (C=O) groups is 1. The standard InChI is InChI=1S/C23H23ClN4OS2/c1-14-11-15(2)22-19(12-14)31-23(26-22)28-20(13-16(3)27-28)25-21(29)5-4-10-30-18-8-6-17(24)7-9-18/h6-9,11-13H,4-5,10H2,1-3H3,(H,25,29). The second-order valence-corrected chi connectivity index (χ2v) is 10.1. The average Bonchev–Trinajstić information content (AvgIpc) is 3.30. The van der Waals surface area contributed by atoms with Gasteiger partial charge in [0, 0.05) is 22.4 Å². The van der Waals surface area contributed by atoms with E-state index in [2.05, 4.69) is 36.4 Å². The quantitative estimate of drug-likeness (QED) is 0.245. The molecule has 0 spiro atoms. The van der Waals surface area contributed by atoms with Gasteiger partial charge in [-0.05, 0) is 74.4 Å². The highest BCUT2D eigenvalue weighted by Crippen LogP contribution is 2.30. The van der Waals surface area contributed by atoms with Crippen LogP contribution in [0.15, 0.2) is 47.4 Å². The Hall–Kier alpha value is -2.35. The van der Waals surface area contributed by atoms with Crippen molar-refractivity contribution < 1.29 is 4.79 Å². The van der Waals surface area contributed by atoms with Crippen molar-refractivity contribution >= 4 is 56.6 Å². The van der Waals surface area contributed by atoms with E-state index in [4.69, 9.17) is 16.6 Å². The van der Waals surface area contributed by atoms with Crippen LogP contribution < -0.4 is 5.32 Å². The first-order chi connectivity index (χ1) is 14.9. The average molecular weight is 471 g/mol. The van der Waals surface area contributed by atoms with Gasteiger partial charge in [-0.1, -0.05) is 29.0 Å². The zero-order valence-electron chi connectivity index (χ0n) is 17.6. The van der Waals surface area contributed by atoms with E-state index in [1.54, 1.807) is 27.8 Å². The lowest BCUT2D eigenvalue weighted by atomic mass is 10.1. The molecule has 0 aliphatic carbocycles. The Morgan fingerprint density at radius 3 is 2.71 bits per heavy atom. The fourth-order valence-electron chi connectivity index (χ4n) is 3.34. The maximum Gasteiger partial charge on any atom is 0.225 e. The molecule has 160 valence electrons. The van der Waals surface area contributed by atoms with Crippen molar-refractivity contribution in [2.75, 3.05) is 11.1 Å². The number of aryl methyl sites for hydroxylation is 3. The van der Waals surface area contributed by atoms with E-state index in [0.29, 0.717) is 12.2 Å². The number of amides is 1. The van der Waals surface area contributed by atoms with E-state index in [1.807, 2.05) is 37.3 Å². The van der Waals surface area contributed by atoms with Crippen molar-refractivity contribution in [1.29, 1.82) is 0 Å². The van der Waals surface area contributed by atoms with Gasteiger partial charge in [-0.15, -0.1) is 11.8 Å². The molecule has 8 heteroatoms. The topological polar surface area (TPSA) is 59.8 Å². The minimum atomic E-state index is -0.0222. The molecule has 1 N–H and O–H groups in total. The molecule has 0 atom stereocenters. The fraction of sp³-hybridized carbons (Fsp3) is 0.261. The summed E-state index contributed by atoms with van der Waals surface area (Å²) < 4.78 is 2.85. The summed E-state index contributed by atoms with van der Waals surface area (Å²) in [6.45, 7) is 6.07. The van der Waals surface area contributed by atoms with Crippen LogP contribution in [0.4, 0.5) is 5.82 Å². The van der Waals surface area contributed by atoms with Gasteiger partial charge in [0.2, 0.25) is 11.0 Å². The van der Waals surface area contributed by atoms with Gasteiger partial charge in [0.1, 0.15) is 5.82 Å². The number of hydrogen-bond acceptors (Lipinski definition) is 5. The van der Waals surface area contributed by atoms with E-state index in [9.17, 15) is 4.79 Å². The minimum Gasteiger partial charge on any atom is -0.311 e. The van der Waals surface area contributed by atoms with Crippen LogP contribution in [0.3, 0.4) is 0 Å². The predicted octanol–water partition coefficient (Wildman–Crippen LogP) is 6.57. The molecule has 2 aromatic heterocycles. The van der Waals surface area contributed by atoms with Gasteiger partial charge >= 0.3 is 0 Å². The molecule has 0 aliphatic rings. The van der Waals surface area contributed by atoms with Crippen LogP contribution >= 0.6 is 34.7 Å². The van der Waals surface area contributed by atoms with Crippen LogP contribution in [0.5, 0.6) is 0 Å². The summed E-state index contributed by atoms with van der Waals surface area (Å²) in [4.78, 5) is 18.5. The normalized spacial score (nSPS) is 11.2. The SMILES string of the molecule is Cc1cc(C)c2nc(-n3nc(C)cc3NC(=O)CCCSc3ccc(Cl)cc3)sc2c1. The summed E-state index contributed by atoms with van der Waals surface area (Å²) in [5, 5.41) is 9.05. The second-order valence-electron chi connectivity index (χ2n) is 7.46. The molecule has 0 aliphatic heterocycles. The molecule has 0 bridgehead atoms. The molecule has 0 radical (unpaired) electrons. The molecule has 1 amide bonds. The molecule has 0 saturated carbocycles. The maximum atomic E-state index is 12.5. The monoisotopic (exact) mass is 470 g/mol. The van der Waals surface area contributed by atoms with Gasteiger partial charge in [-0.3, -0.25) is 4.79 Å². The lowest BCUT2D eigenvalue weighted by molar-refractivity contribution is -0.116. The molecule has 4 aromatic rings.